The maximum atomic E-state index is 11.9. The Morgan fingerprint density at radius 1 is 1.04 bits per heavy atom. The summed E-state index contributed by atoms with van der Waals surface area (Å²) in [6, 6.07) is 16.1. The number of esters is 1. The molecule has 0 aliphatic carbocycles. The van der Waals surface area contributed by atoms with E-state index < -0.39 is 5.97 Å². The van der Waals surface area contributed by atoms with Crippen LogP contribution in [0.1, 0.15) is 15.2 Å². The summed E-state index contributed by atoms with van der Waals surface area (Å²) in [5, 5.41) is 2.66. The van der Waals surface area contributed by atoms with E-state index in [0.29, 0.717) is 34.4 Å². The van der Waals surface area contributed by atoms with Crippen molar-refractivity contribution in [3.8, 4) is 17.2 Å². The average molecular weight is 389 g/mol. The highest BCUT2D eigenvalue weighted by Crippen LogP contribution is 2.29. The van der Waals surface area contributed by atoms with Gasteiger partial charge in [0.05, 0.1) is 19.3 Å². The standard InChI is InChI=1S/C20H17ClO4S/c1-23-20(22)14-11-17(24-9-8-19-3-2-10-26-19)13-18(12-14)25-16-6-4-15(21)5-7-16/h2-7,10-13H,8-9H2,1H3. The summed E-state index contributed by atoms with van der Waals surface area (Å²) in [7, 11) is 1.34. The van der Waals surface area contributed by atoms with Gasteiger partial charge in [-0.2, -0.15) is 0 Å². The second-order valence-corrected chi connectivity index (χ2v) is 6.89. The van der Waals surface area contributed by atoms with Crippen LogP contribution in [0, 0.1) is 0 Å². The highest BCUT2D eigenvalue weighted by Gasteiger charge is 2.11. The molecule has 0 saturated heterocycles. The third-order valence-corrected chi connectivity index (χ3v) is 4.74. The predicted octanol–water partition coefficient (Wildman–Crippen LogP) is 5.60. The zero-order valence-electron chi connectivity index (χ0n) is 14.1. The third kappa shape index (κ3) is 5.00. The second kappa shape index (κ2) is 8.74. The lowest BCUT2D eigenvalue weighted by molar-refractivity contribution is 0.0600. The van der Waals surface area contributed by atoms with Crippen LogP contribution in [0.3, 0.4) is 0 Å². The van der Waals surface area contributed by atoms with Gasteiger partial charge in [-0.25, -0.2) is 4.79 Å². The molecule has 0 amide bonds. The van der Waals surface area contributed by atoms with Crippen LogP contribution in [0.2, 0.25) is 5.02 Å². The molecule has 0 radical (unpaired) electrons. The van der Waals surface area contributed by atoms with Crippen molar-refractivity contribution >= 4 is 28.9 Å². The molecule has 0 N–H and O–H groups in total. The van der Waals surface area contributed by atoms with E-state index in [0.717, 1.165) is 6.42 Å². The van der Waals surface area contributed by atoms with Gasteiger partial charge in [0.25, 0.3) is 0 Å². The zero-order valence-corrected chi connectivity index (χ0v) is 15.7. The smallest absolute Gasteiger partial charge is 0.338 e. The third-order valence-electron chi connectivity index (χ3n) is 3.55. The van der Waals surface area contributed by atoms with Crippen molar-refractivity contribution in [2.24, 2.45) is 0 Å². The molecule has 0 atom stereocenters. The normalized spacial score (nSPS) is 10.4. The zero-order chi connectivity index (χ0) is 18.4. The van der Waals surface area contributed by atoms with Crippen molar-refractivity contribution < 1.29 is 19.0 Å². The molecule has 1 aromatic heterocycles. The number of hydrogen-bond donors (Lipinski definition) is 0. The molecule has 0 bridgehead atoms. The van der Waals surface area contributed by atoms with Gasteiger partial charge in [-0.15, -0.1) is 11.3 Å². The van der Waals surface area contributed by atoms with E-state index in [1.807, 2.05) is 11.4 Å². The van der Waals surface area contributed by atoms with Crippen molar-refractivity contribution in [2.45, 2.75) is 6.42 Å². The SMILES string of the molecule is COC(=O)c1cc(OCCc2cccs2)cc(Oc2ccc(Cl)cc2)c1. The Kier molecular flexibility index (Phi) is 6.15. The second-order valence-electron chi connectivity index (χ2n) is 5.42. The van der Waals surface area contributed by atoms with E-state index in [2.05, 4.69) is 6.07 Å². The lowest BCUT2D eigenvalue weighted by Crippen LogP contribution is -2.04. The van der Waals surface area contributed by atoms with Gasteiger partial charge >= 0.3 is 5.97 Å². The van der Waals surface area contributed by atoms with Crippen LogP contribution < -0.4 is 9.47 Å². The van der Waals surface area contributed by atoms with E-state index in [-0.39, 0.29) is 0 Å². The molecule has 3 aromatic rings. The molecule has 3 rings (SSSR count). The highest BCUT2D eigenvalue weighted by atomic mass is 35.5. The topological polar surface area (TPSA) is 44.8 Å². The number of benzene rings is 2. The van der Waals surface area contributed by atoms with Gasteiger partial charge in [0, 0.05) is 22.4 Å². The largest absolute Gasteiger partial charge is 0.493 e. The van der Waals surface area contributed by atoms with Crippen molar-refractivity contribution in [1.82, 2.24) is 0 Å². The Labute approximate surface area is 160 Å². The number of hydrogen-bond acceptors (Lipinski definition) is 5. The molecule has 134 valence electrons. The number of rotatable bonds is 7. The summed E-state index contributed by atoms with van der Waals surface area (Å²) in [6.45, 7) is 0.505. The molecular formula is C20H17ClO4S. The van der Waals surface area contributed by atoms with Crippen LogP contribution >= 0.6 is 22.9 Å². The fraction of sp³-hybridized carbons (Fsp3) is 0.150. The minimum atomic E-state index is -0.449. The van der Waals surface area contributed by atoms with Gasteiger partial charge in [0.2, 0.25) is 0 Å². The molecule has 4 nitrogen and oxygen atoms in total. The summed E-state index contributed by atoms with van der Waals surface area (Å²) < 4.78 is 16.4. The number of carbonyl (C=O) groups is 1. The molecule has 1 heterocycles. The molecule has 0 spiro atoms. The molecule has 0 aliphatic rings. The summed E-state index contributed by atoms with van der Waals surface area (Å²) >= 11 is 7.58. The number of carbonyl (C=O) groups excluding carboxylic acids is 1. The Hall–Kier alpha value is -2.50. The molecule has 0 aliphatic heterocycles. The van der Waals surface area contributed by atoms with Gasteiger partial charge in [-0.3, -0.25) is 0 Å². The van der Waals surface area contributed by atoms with E-state index in [1.165, 1.54) is 12.0 Å². The molecule has 6 heteroatoms. The van der Waals surface area contributed by atoms with Crippen LogP contribution in [-0.2, 0) is 11.2 Å². The lowest BCUT2D eigenvalue weighted by atomic mass is 10.2. The predicted molar refractivity (Wildman–Crippen MR) is 103 cm³/mol. The molecule has 0 unspecified atom stereocenters. The van der Waals surface area contributed by atoms with Gasteiger partial charge < -0.3 is 14.2 Å². The van der Waals surface area contributed by atoms with Crippen molar-refractivity contribution in [1.29, 1.82) is 0 Å². The Balaban J connectivity index is 1.76. The van der Waals surface area contributed by atoms with Crippen LogP contribution in [0.5, 0.6) is 17.2 Å². The summed E-state index contributed by atoms with van der Waals surface area (Å²) in [4.78, 5) is 13.2. The average Bonchev–Trinajstić information content (AvgIpc) is 3.16. The van der Waals surface area contributed by atoms with Gasteiger partial charge in [-0.1, -0.05) is 17.7 Å². The first-order valence-electron chi connectivity index (χ1n) is 7.96. The van der Waals surface area contributed by atoms with E-state index in [9.17, 15) is 4.79 Å². The maximum absolute atomic E-state index is 11.9. The van der Waals surface area contributed by atoms with E-state index in [4.69, 9.17) is 25.8 Å². The Bertz CT molecular complexity index is 860. The van der Waals surface area contributed by atoms with E-state index >= 15 is 0 Å². The monoisotopic (exact) mass is 388 g/mol. The fourth-order valence-electron chi connectivity index (χ4n) is 2.31. The van der Waals surface area contributed by atoms with Crippen molar-refractivity contribution in [3.63, 3.8) is 0 Å². The van der Waals surface area contributed by atoms with Crippen LogP contribution in [0.15, 0.2) is 60.0 Å². The van der Waals surface area contributed by atoms with E-state index in [1.54, 1.807) is 53.8 Å². The highest BCUT2D eigenvalue weighted by molar-refractivity contribution is 7.09. The molecular weight excluding hydrogens is 372 g/mol. The minimum absolute atomic E-state index is 0.366. The number of thiophene rings is 1. The fourth-order valence-corrected chi connectivity index (χ4v) is 3.13. The maximum Gasteiger partial charge on any atom is 0.338 e. The van der Waals surface area contributed by atoms with Gasteiger partial charge in [-0.05, 0) is 47.8 Å². The quantitative estimate of drug-likeness (QED) is 0.494. The van der Waals surface area contributed by atoms with Crippen molar-refractivity contribution in [3.05, 3.63) is 75.4 Å². The number of halogens is 1. The molecule has 0 fully saturated rings. The lowest BCUT2D eigenvalue weighted by Gasteiger charge is -2.11. The molecule has 2 aromatic carbocycles. The van der Waals surface area contributed by atoms with Crippen LogP contribution in [0.4, 0.5) is 0 Å². The summed E-state index contributed by atoms with van der Waals surface area (Å²) in [5.41, 5.74) is 0.366. The van der Waals surface area contributed by atoms with Gasteiger partial charge in [0.15, 0.2) is 0 Å². The minimum Gasteiger partial charge on any atom is -0.493 e. The number of ether oxygens (including phenoxy) is 3. The van der Waals surface area contributed by atoms with Crippen LogP contribution in [-0.4, -0.2) is 19.7 Å². The summed E-state index contributed by atoms with van der Waals surface area (Å²) in [5.74, 6) is 1.20. The first-order chi connectivity index (χ1) is 12.6. The Morgan fingerprint density at radius 2 is 1.81 bits per heavy atom. The number of methoxy groups -OCH3 is 1. The molecule has 0 saturated carbocycles. The first kappa shape index (κ1) is 18.3. The summed E-state index contributed by atoms with van der Waals surface area (Å²) in [6.07, 6.45) is 0.799. The van der Waals surface area contributed by atoms with Crippen molar-refractivity contribution in [2.75, 3.05) is 13.7 Å². The van der Waals surface area contributed by atoms with Gasteiger partial charge in [0.1, 0.15) is 17.2 Å². The molecule has 26 heavy (non-hydrogen) atoms. The first-order valence-corrected chi connectivity index (χ1v) is 9.22. The van der Waals surface area contributed by atoms with Crippen LogP contribution in [0.25, 0.3) is 0 Å². The Morgan fingerprint density at radius 3 is 2.50 bits per heavy atom.